The zero-order chi connectivity index (χ0) is 19.1. The summed E-state index contributed by atoms with van der Waals surface area (Å²) in [7, 11) is 4.11. The molecule has 3 rings (SSSR count). The van der Waals surface area contributed by atoms with Crippen molar-refractivity contribution >= 4 is 35.8 Å². The smallest absolute Gasteiger partial charge is 0.236 e. The summed E-state index contributed by atoms with van der Waals surface area (Å²) in [6.07, 6.45) is 7.80. The zero-order valence-corrected chi connectivity index (χ0v) is 20.1. The molecule has 1 aliphatic carbocycles. The van der Waals surface area contributed by atoms with E-state index in [-0.39, 0.29) is 24.0 Å². The van der Waals surface area contributed by atoms with Crippen molar-refractivity contribution in [3.63, 3.8) is 0 Å². The minimum Gasteiger partial charge on any atom is -0.355 e. The number of nitrogens with one attached hydrogen (secondary N) is 1. The van der Waals surface area contributed by atoms with Gasteiger partial charge in [-0.05, 0) is 32.7 Å². The highest BCUT2D eigenvalue weighted by Crippen LogP contribution is 2.21. The minimum absolute atomic E-state index is 0. The van der Waals surface area contributed by atoms with Crippen LogP contribution in [0.25, 0.3) is 0 Å². The number of rotatable bonds is 6. The predicted octanol–water partition coefficient (Wildman–Crippen LogP) is 1.29. The summed E-state index contributed by atoms with van der Waals surface area (Å²) < 4.78 is 0. The Balaban J connectivity index is 0.00000280. The maximum atomic E-state index is 12.3. The predicted molar refractivity (Wildman–Crippen MR) is 125 cm³/mol. The molecule has 3 fully saturated rings. The van der Waals surface area contributed by atoms with Crippen molar-refractivity contribution < 1.29 is 4.79 Å². The first kappa shape index (κ1) is 23.7. The van der Waals surface area contributed by atoms with E-state index in [2.05, 4.69) is 32.1 Å². The lowest BCUT2D eigenvalue weighted by molar-refractivity contribution is -0.131. The summed E-state index contributed by atoms with van der Waals surface area (Å²) >= 11 is 0. The number of piperazine rings is 1. The van der Waals surface area contributed by atoms with E-state index in [1.54, 1.807) is 0 Å². The van der Waals surface area contributed by atoms with Gasteiger partial charge in [-0.2, -0.15) is 0 Å². The highest BCUT2D eigenvalue weighted by atomic mass is 127. The second kappa shape index (κ2) is 12.2. The largest absolute Gasteiger partial charge is 0.355 e. The topological polar surface area (TPSA) is 54.4 Å². The number of aliphatic imine (C=N–C) groups is 1. The van der Waals surface area contributed by atoms with E-state index in [1.165, 1.54) is 25.7 Å². The lowest BCUT2D eigenvalue weighted by atomic mass is 10.2. The van der Waals surface area contributed by atoms with Crippen molar-refractivity contribution in [3.05, 3.63) is 0 Å². The molecule has 0 bridgehead atoms. The van der Waals surface area contributed by atoms with E-state index in [0.29, 0.717) is 12.5 Å². The van der Waals surface area contributed by atoms with Gasteiger partial charge in [0.25, 0.3) is 0 Å². The van der Waals surface area contributed by atoms with Crippen molar-refractivity contribution in [2.24, 2.45) is 4.99 Å². The summed E-state index contributed by atoms with van der Waals surface area (Å²) in [4.78, 5) is 25.9. The Morgan fingerprint density at radius 2 is 1.64 bits per heavy atom. The minimum atomic E-state index is 0. The molecule has 0 spiro atoms. The average molecular weight is 506 g/mol. The number of carbonyl (C=O) groups excluding carboxylic acids is 1. The molecular formula is C20H39IN6O. The van der Waals surface area contributed by atoms with Crippen LogP contribution in [0.4, 0.5) is 0 Å². The molecule has 162 valence electrons. The standard InChI is InChI=1S/C20H38N6O.HI/c1-21-20(22-9-12-23(2)18-7-3-4-8-18)26-15-13-24(14-16-26)17-19(27)25-10-5-6-11-25;/h18H,3-17H2,1-2H3,(H,21,22);1H. The molecule has 0 radical (unpaired) electrons. The molecule has 3 aliphatic rings. The molecule has 2 saturated heterocycles. The van der Waals surface area contributed by atoms with Crippen LogP contribution in [0.5, 0.6) is 0 Å². The van der Waals surface area contributed by atoms with Crippen molar-refractivity contribution in [1.82, 2.24) is 24.9 Å². The van der Waals surface area contributed by atoms with Crippen LogP contribution in [-0.4, -0.2) is 111 Å². The number of likely N-dealkylation sites (tertiary alicyclic amines) is 1. The van der Waals surface area contributed by atoms with Gasteiger partial charge in [0, 0.05) is 65.4 Å². The highest BCUT2D eigenvalue weighted by molar-refractivity contribution is 14.0. The van der Waals surface area contributed by atoms with Gasteiger partial charge in [0.1, 0.15) is 0 Å². The maximum Gasteiger partial charge on any atom is 0.236 e. The molecule has 1 saturated carbocycles. The van der Waals surface area contributed by atoms with E-state index in [4.69, 9.17) is 0 Å². The molecule has 8 heteroatoms. The zero-order valence-electron chi connectivity index (χ0n) is 17.7. The fourth-order valence-electron chi connectivity index (χ4n) is 4.58. The van der Waals surface area contributed by atoms with Crippen molar-refractivity contribution in [3.8, 4) is 0 Å². The third-order valence-corrected chi connectivity index (χ3v) is 6.40. The van der Waals surface area contributed by atoms with E-state index in [9.17, 15) is 4.79 Å². The van der Waals surface area contributed by atoms with Gasteiger partial charge in [0.15, 0.2) is 5.96 Å². The van der Waals surface area contributed by atoms with Gasteiger partial charge in [0.05, 0.1) is 6.54 Å². The second-order valence-electron chi connectivity index (χ2n) is 8.24. The molecule has 7 nitrogen and oxygen atoms in total. The second-order valence-corrected chi connectivity index (χ2v) is 8.24. The number of hydrogen-bond donors (Lipinski definition) is 1. The van der Waals surface area contributed by atoms with E-state index in [1.807, 2.05) is 11.9 Å². The van der Waals surface area contributed by atoms with Crippen LogP contribution in [-0.2, 0) is 4.79 Å². The number of amides is 1. The normalized spacial score (nSPS) is 22.0. The number of halogens is 1. The molecule has 2 heterocycles. The molecule has 1 N–H and O–H groups in total. The Morgan fingerprint density at radius 3 is 2.25 bits per heavy atom. The van der Waals surface area contributed by atoms with Gasteiger partial charge >= 0.3 is 0 Å². The molecule has 0 atom stereocenters. The maximum absolute atomic E-state index is 12.3. The first-order valence-electron chi connectivity index (χ1n) is 10.8. The SMILES string of the molecule is CN=C(NCCN(C)C1CCCC1)N1CCN(CC(=O)N2CCCC2)CC1.I. The van der Waals surface area contributed by atoms with Crippen LogP contribution in [0.1, 0.15) is 38.5 Å². The quantitative estimate of drug-likeness (QED) is 0.335. The third-order valence-electron chi connectivity index (χ3n) is 6.40. The number of guanidine groups is 1. The molecule has 1 amide bonds. The van der Waals surface area contributed by atoms with Crippen molar-refractivity contribution in [2.45, 2.75) is 44.6 Å². The van der Waals surface area contributed by atoms with Crippen LogP contribution in [0.3, 0.4) is 0 Å². The van der Waals surface area contributed by atoms with Gasteiger partial charge in [0.2, 0.25) is 5.91 Å². The lowest BCUT2D eigenvalue weighted by Gasteiger charge is -2.37. The summed E-state index contributed by atoms with van der Waals surface area (Å²) in [5.41, 5.74) is 0. The fraction of sp³-hybridized carbons (Fsp3) is 0.900. The Morgan fingerprint density at radius 1 is 1.00 bits per heavy atom. The number of nitrogens with zero attached hydrogens (tertiary/aromatic N) is 5. The van der Waals surface area contributed by atoms with Gasteiger partial charge < -0.3 is 20.0 Å². The fourth-order valence-corrected chi connectivity index (χ4v) is 4.58. The van der Waals surface area contributed by atoms with Crippen LogP contribution >= 0.6 is 24.0 Å². The average Bonchev–Trinajstić information content (AvgIpc) is 3.40. The molecule has 2 aliphatic heterocycles. The van der Waals surface area contributed by atoms with Crippen LogP contribution in [0, 0.1) is 0 Å². The Hall–Kier alpha value is -0.610. The van der Waals surface area contributed by atoms with Crippen molar-refractivity contribution in [2.75, 3.05) is 73.0 Å². The van der Waals surface area contributed by atoms with E-state index < -0.39 is 0 Å². The molecule has 0 aromatic carbocycles. The summed E-state index contributed by atoms with van der Waals surface area (Å²) in [6, 6.07) is 0.769. The Kier molecular flexibility index (Phi) is 10.3. The lowest BCUT2D eigenvalue weighted by Crippen LogP contribution is -2.54. The van der Waals surface area contributed by atoms with Crippen molar-refractivity contribution in [1.29, 1.82) is 0 Å². The third kappa shape index (κ3) is 6.73. The Bertz CT molecular complexity index is 497. The number of hydrogen-bond acceptors (Lipinski definition) is 4. The Labute approximate surface area is 187 Å². The summed E-state index contributed by atoms with van der Waals surface area (Å²) in [6.45, 7) is 8.21. The van der Waals surface area contributed by atoms with Gasteiger partial charge in [-0.1, -0.05) is 12.8 Å². The molecule has 0 unspecified atom stereocenters. The molecule has 0 aromatic rings. The van der Waals surface area contributed by atoms with Gasteiger partial charge in [-0.15, -0.1) is 24.0 Å². The van der Waals surface area contributed by atoms with Crippen LogP contribution in [0.2, 0.25) is 0 Å². The van der Waals surface area contributed by atoms with Crippen LogP contribution in [0.15, 0.2) is 4.99 Å². The molecule has 28 heavy (non-hydrogen) atoms. The molecule has 0 aromatic heterocycles. The summed E-state index contributed by atoms with van der Waals surface area (Å²) in [5.74, 6) is 1.30. The first-order chi connectivity index (χ1) is 13.2. The van der Waals surface area contributed by atoms with Gasteiger partial charge in [-0.3, -0.25) is 14.7 Å². The monoisotopic (exact) mass is 506 g/mol. The van der Waals surface area contributed by atoms with E-state index in [0.717, 1.165) is 77.2 Å². The summed E-state index contributed by atoms with van der Waals surface area (Å²) in [5, 5.41) is 3.53. The number of carbonyl (C=O) groups is 1. The van der Waals surface area contributed by atoms with Gasteiger partial charge in [-0.25, -0.2) is 0 Å². The highest BCUT2D eigenvalue weighted by Gasteiger charge is 2.25. The van der Waals surface area contributed by atoms with E-state index >= 15 is 0 Å². The van der Waals surface area contributed by atoms with Crippen LogP contribution < -0.4 is 5.32 Å². The number of likely N-dealkylation sites (N-methyl/N-ethyl adjacent to an activating group) is 1. The molecular weight excluding hydrogens is 467 g/mol. The first-order valence-corrected chi connectivity index (χ1v) is 10.8.